The quantitative estimate of drug-likeness (QED) is 0.616. The second-order valence-electron chi connectivity index (χ2n) is 8.75. The molecular formula is C23H26Cl2N6O. The van der Waals surface area contributed by atoms with Gasteiger partial charge in [0.15, 0.2) is 5.65 Å². The maximum absolute atomic E-state index is 13.4. The van der Waals surface area contributed by atoms with E-state index in [0.29, 0.717) is 22.2 Å². The summed E-state index contributed by atoms with van der Waals surface area (Å²) in [5.41, 5.74) is 9.21. The highest BCUT2D eigenvalue weighted by molar-refractivity contribution is 6.35. The number of nitrogens with two attached hydrogens (primary N) is 1. The van der Waals surface area contributed by atoms with Crippen molar-refractivity contribution >= 4 is 40.6 Å². The van der Waals surface area contributed by atoms with Crippen LogP contribution in [0.3, 0.4) is 0 Å². The molecule has 1 aromatic carbocycles. The van der Waals surface area contributed by atoms with Gasteiger partial charge >= 0.3 is 0 Å². The summed E-state index contributed by atoms with van der Waals surface area (Å²) in [4.78, 5) is 22.4. The topological polar surface area (TPSA) is 79.8 Å². The number of hydrogen-bond donors (Lipinski definition) is 1. The van der Waals surface area contributed by atoms with E-state index in [1.54, 1.807) is 18.2 Å². The van der Waals surface area contributed by atoms with Gasteiger partial charge in [0.25, 0.3) is 5.91 Å². The Morgan fingerprint density at radius 2 is 2.00 bits per heavy atom. The summed E-state index contributed by atoms with van der Waals surface area (Å²) < 4.78 is 1.81. The Morgan fingerprint density at radius 3 is 2.78 bits per heavy atom. The van der Waals surface area contributed by atoms with Crippen LogP contribution < -0.4 is 10.6 Å². The molecule has 0 saturated carbocycles. The van der Waals surface area contributed by atoms with E-state index in [-0.39, 0.29) is 18.0 Å². The smallest absolute Gasteiger partial charge is 0.255 e. The zero-order valence-electron chi connectivity index (χ0n) is 18.0. The average molecular weight is 473 g/mol. The van der Waals surface area contributed by atoms with Crippen molar-refractivity contribution in [3.63, 3.8) is 0 Å². The summed E-state index contributed by atoms with van der Waals surface area (Å²) in [7, 11) is 0. The maximum atomic E-state index is 13.4. The predicted molar refractivity (Wildman–Crippen MR) is 127 cm³/mol. The van der Waals surface area contributed by atoms with Gasteiger partial charge in [-0.25, -0.2) is 9.50 Å². The predicted octanol–water partition coefficient (Wildman–Crippen LogP) is 4.25. The lowest BCUT2D eigenvalue weighted by Crippen LogP contribution is -2.38. The first kappa shape index (κ1) is 21.5. The van der Waals surface area contributed by atoms with Gasteiger partial charge in [-0.2, -0.15) is 5.10 Å². The van der Waals surface area contributed by atoms with Crippen LogP contribution in [0.15, 0.2) is 30.5 Å². The Kier molecular flexibility index (Phi) is 5.73. The number of aromatic nitrogens is 3. The molecule has 2 atom stereocenters. The number of aryl methyl sites for hydroxylation is 1. The van der Waals surface area contributed by atoms with Gasteiger partial charge in [-0.1, -0.05) is 23.2 Å². The Bertz CT molecular complexity index is 1180. The number of piperidine rings is 1. The third kappa shape index (κ3) is 3.93. The first-order valence-electron chi connectivity index (χ1n) is 11.0. The highest BCUT2D eigenvalue weighted by Gasteiger charge is 2.32. The summed E-state index contributed by atoms with van der Waals surface area (Å²) >= 11 is 12.5. The summed E-state index contributed by atoms with van der Waals surface area (Å²) in [5, 5.41) is 5.70. The third-order valence-corrected chi connectivity index (χ3v) is 6.98. The number of fused-ring (bicyclic) bond motifs is 1. The molecule has 3 aromatic rings. The molecule has 2 unspecified atom stereocenters. The monoisotopic (exact) mass is 472 g/mol. The summed E-state index contributed by atoms with van der Waals surface area (Å²) in [6, 6.07) is 7.05. The highest BCUT2D eigenvalue weighted by atomic mass is 35.5. The molecule has 0 aliphatic carbocycles. The summed E-state index contributed by atoms with van der Waals surface area (Å²) in [6.45, 7) is 4.43. The lowest BCUT2D eigenvalue weighted by atomic mass is 9.98. The lowest BCUT2D eigenvalue weighted by Gasteiger charge is -2.35. The molecule has 168 valence electrons. The SMILES string of the molecule is Cc1cn2nc(C3CCCCN3C(=O)c3cc(Cl)ccc3Cl)cc2nc1N1CCC(N)C1. The van der Waals surface area contributed by atoms with Crippen LogP contribution in [0, 0.1) is 6.92 Å². The Balaban J connectivity index is 1.48. The molecule has 2 fully saturated rings. The van der Waals surface area contributed by atoms with Crippen LogP contribution in [0.2, 0.25) is 10.0 Å². The summed E-state index contributed by atoms with van der Waals surface area (Å²) in [5.74, 6) is 0.842. The standard InChI is InChI=1S/C23H26Cl2N6O/c1-14-12-31-21(27-22(14)29-9-7-16(26)13-29)11-19(28-31)20-4-2-3-8-30(20)23(32)17-10-15(24)5-6-18(17)25/h5-6,10-12,16,20H,2-4,7-9,13,26H2,1H3. The highest BCUT2D eigenvalue weighted by Crippen LogP contribution is 2.34. The average Bonchev–Trinajstić information content (AvgIpc) is 3.40. The fraction of sp³-hybridized carbons (Fsp3) is 0.435. The van der Waals surface area contributed by atoms with Crippen LogP contribution in [0.25, 0.3) is 5.65 Å². The minimum atomic E-state index is -0.128. The van der Waals surface area contributed by atoms with Gasteiger partial charge in [0.2, 0.25) is 0 Å². The molecule has 1 amide bonds. The molecule has 4 heterocycles. The van der Waals surface area contributed by atoms with Crippen LogP contribution in [0.1, 0.15) is 53.3 Å². The molecule has 0 spiro atoms. The third-order valence-electron chi connectivity index (χ3n) is 6.41. The molecular weight excluding hydrogens is 447 g/mol. The largest absolute Gasteiger partial charge is 0.355 e. The lowest BCUT2D eigenvalue weighted by molar-refractivity contribution is 0.0606. The maximum Gasteiger partial charge on any atom is 0.255 e. The molecule has 0 bridgehead atoms. The van der Waals surface area contributed by atoms with Gasteiger partial charge < -0.3 is 15.5 Å². The van der Waals surface area contributed by atoms with Crippen LogP contribution in [-0.2, 0) is 0 Å². The van der Waals surface area contributed by atoms with Crippen LogP contribution >= 0.6 is 23.2 Å². The molecule has 32 heavy (non-hydrogen) atoms. The fourth-order valence-electron chi connectivity index (χ4n) is 4.78. The minimum Gasteiger partial charge on any atom is -0.355 e. The molecule has 0 radical (unpaired) electrons. The van der Waals surface area contributed by atoms with Gasteiger partial charge in [-0.15, -0.1) is 0 Å². The van der Waals surface area contributed by atoms with Gasteiger partial charge in [-0.05, 0) is 50.8 Å². The van der Waals surface area contributed by atoms with Crippen molar-refractivity contribution in [2.24, 2.45) is 5.73 Å². The van der Waals surface area contributed by atoms with E-state index in [2.05, 4.69) is 4.90 Å². The van der Waals surface area contributed by atoms with E-state index in [1.165, 1.54) is 0 Å². The molecule has 2 aliphatic heterocycles. The number of likely N-dealkylation sites (tertiary alicyclic amines) is 1. The minimum absolute atomic E-state index is 0.116. The summed E-state index contributed by atoms with van der Waals surface area (Å²) in [6.07, 6.45) is 5.82. The van der Waals surface area contributed by atoms with Crippen LogP contribution in [0.5, 0.6) is 0 Å². The molecule has 2 saturated heterocycles. The molecule has 2 aromatic heterocycles. The van der Waals surface area contributed by atoms with E-state index < -0.39 is 0 Å². The Morgan fingerprint density at radius 1 is 1.16 bits per heavy atom. The van der Waals surface area contributed by atoms with E-state index in [0.717, 1.165) is 61.5 Å². The van der Waals surface area contributed by atoms with Gasteiger partial charge in [0.1, 0.15) is 5.82 Å². The number of nitrogens with zero attached hydrogens (tertiary/aromatic N) is 5. The van der Waals surface area contributed by atoms with E-state index in [9.17, 15) is 4.79 Å². The van der Waals surface area contributed by atoms with Crippen LogP contribution in [-0.4, -0.2) is 51.1 Å². The fourth-order valence-corrected chi connectivity index (χ4v) is 5.15. The zero-order chi connectivity index (χ0) is 22.4. The molecule has 9 heteroatoms. The zero-order valence-corrected chi connectivity index (χ0v) is 19.5. The number of hydrogen-bond acceptors (Lipinski definition) is 5. The second kappa shape index (κ2) is 8.54. The van der Waals surface area contributed by atoms with Gasteiger partial charge in [0.05, 0.1) is 22.3 Å². The van der Waals surface area contributed by atoms with E-state index in [4.69, 9.17) is 39.0 Å². The molecule has 7 nitrogen and oxygen atoms in total. The second-order valence-corrected chi connectivity index (χ2v) is 9.59. The number of carbonyl (C=O) groups excluding carboxylic acids is 1. The number of amides is 1. The van der Waals surface area contributed by atoms with Gasteiger partial charge in [0, 0.05) is 48.5 Å². The van der Waals surface area contributed by atoms with Crippen molar-refractivity contribution in [1.82, 2.24) is 19.5 Å². The Labute approximate surface area is 197 Å². The van der Waals surface area contributed by atoms with Crippen molar-refractivity contribution in [3.05, 3.63) is 57.3 Å². The first-order valence-corrected chi connectivity index (χ1v) is 11.8. The first-order chi connectivity index (χ1) is 15.4. The van der Waals surface area contributed by atoms with E-state index >= 15 is 0 Å². The number of benzene rings is 1. The van der Waals surface area contributed by atoms with Crippen molar-refractivity contribution in [1.29, 1.82) is 0 Å². The Hall–Kier alpha value is -2.35. The van der Waals surface area contributed by atoms with Gasteiger partial charge in [-0.3, -0.25) is 4.79 Å². The number of anilines is 1. The van der Waals surface area contributed by atoms with Crippen molar-refractivity contribution < 1.29 is 4.79 Å². The number of carbonyl (C=O) groups is 1. The van der Waals surface area contributed by atoms with Crippen molar-refractivity contribution in [3.8, 4) is 0 Å². The molecule has 5 rings (SSSR count). The number of halogens is 2. The van der Waals surface area contributed by atoms with E-state index in [1.807, 2.05) is 28.6 Å². The van der Waals surface area contributed by atoms with Crippen molar-refractivity contribution in [2.75, 3.05) is 24.5 Å². The normalized spacial score (nSPS) is 21.5. The van der Waals surface area contributed by atoms with Crippen LogP contribution in [0.4, 0.5) is 5.82 Å². The number of rotatable bonds is 3. The molecule has 2 aliphatic rings. The van der Waals surface area contributed by atoms with Crippen molar-refractivity contribution in [2.45, 2.75) is 44.7 Å². The molecule has 2 N–H and O–H groups in total.